The number of hydrogen-bond acceptors (Lipinski definition) is 2. The molecular weight excluding hydrogens is 325 g/mol. The monoisotopic (exact) mass is 339 g/mol. The Morgan fingerprint density at radius 1 is 1.40 bits per heavy atom. The second-order valence-corrected chi connectivity index (χ2v) is 5.88. The van der Waals surface area contributed by atoms with Crippen molar-refractivity contribution in [1.29, 1.82) is 0 Å². The summed E-state index contributed by atoms with van der Waals surface area (Å²) in [6.07, 6.45) is 3.46. The summed E-state index contributed by atoms with van der Waals surface area (Å²) in [4.78, 5) is 15.9. The Morgan fingerprint density at radius 3 is 2.55 bits per heavy atom. The number of alkyl halides is 1. The van der Waals surface area contributed by atoms with Crippen LogP contribution in [0.1, 0.15) is 24.4 Å². The first kappa shape index (κ1) is 14.7. The Hall–Kier alpha value is -1.69. The molecule has 1 heterocycles. The first-order chi connectivity index (χ1) is 9.49. The van der Waals surface area contributed by atoms with Crippen LogP contribution in [-0.2, 0) is 11.8 Å². The summed E-state index contributed by atoms with van der Waals surface area (Å²) in [5, 5.41) is 2.90. The van der Waals surface area contributed by atoms with Crippen molar-refractivity contribution in [3.05, 3.63) is 53.9 Å². The molecule has 6 heteroatoms. The van der Waals surface area contributed by atoms with Gasteiger partial charge >= 0.3 is 0 Å². The molecule has 0 saturated carbocycles. The molecule has 0 radical (unpaired) electrons. The van der Waals surface area contributed by atoms with E-state index in [0.717, 1.165) is 5.56 Å². The summed E-state index contributed by atoms with van der Waals surface area (Å²) < 4.78 is 14.9. The lowest BCUT2D eigenvalue weighted by Gasteiger charge is -2.20. The van der Waals surface area contributed by atoms with Gasteiger partial charge in [-0.3, -0.25) is 4.79 Å². The SMILES string of the molecule is CC(Br)C(=O)NC(c1ccc(F)cc1)c1nccn1C. The summed E-state index contributed by atoms with van der Waals surface area (Å²) in [5.74, 6) is 0.230. The van der Waals surface area contributed by atoms with Crippen LogP contribution in [0.5, 0.6) is 0 Å². The van der Waals surface area contributed by atoms with Crippen molar-refractivity contribution in [1.82, 2.24) is 14.9 Å². The van der Waals surface area contributed by atoms with Crippen LogP contribution in [0.3, 0.4) is 0 Å². The van der Waals surface area contributed by atoms with Crippen LogP contribution < -0.4 is 5.32 Å². The number of imidazole rings is 1. The van der Waals surface area contributed by atoms with E-state index >= 15 is 0 Å². The Balaban J connectivity index is 2.36. The summed E-state index contributed by atoms with van der Waals surface area (Å²) in [7, 11) is 1.85. The van der Waals surface area contributed by atoms with Crippen molar-refractivity contribution in [2.45, 2.75) is 17.8 Å². The van der Waals surface area contributed by atoms with Crippen molar-refractivity contribution < 1.29 is 9.18 Å². The number of carbonyl (C=O) groups excluding carboxylic acids is 1. The van der Waals surface area contributed by atoms with E-state index in [0.29, 0.717) is 5.82 Å². The van der Waals surface area contributed by atoms with E-state index < -0.39 is 6.04 Å². The van der Waals surface area contributed by atoms with Crippen LogP contribution in [0.4, 0.5) is 4.39 Å². The number of aromatic nitrogens is 2. The Labute approximate surface area is 125 Å². The number of nitrogens with zero attached hydrogens (tertiary/aromatic N) is 2. The summed E-state index contributed by atoms with van der Waals surface area (Å²) in [6, 6.07) is 5.62. The molecule has 0 bridgehead atoms. The van der Waals surface area contributed by atoms with Gasteiger partial charge in [0.2, 0.25) is 5.91 Å². The molecule has 106 valence electrons. The van der Waals surface area contributed by atoms with Crippen LogP contribution in [0, 0.1) is 5.82 Å². The molecule has 1 amide bonds. The zero-order chi connectivity index (χ0) is 14.7. The standard InChI is InChI=1S/C14H15BrFN3O/c1-9(15)14(20)18-12(13-17-7-8-19(13)2)10-3-5-11(16)6-4-10/h3-9,12H,1-2H3,(H,18,20). The molecule has 0 aliphatic carbocycles. The summed E-state index contributed by atoms with van der Waals surface area (Å²) in [6.45, 7) is 1.75. The highest BCUT2D eigenvalue weighted by molar-refractivity contribution is 9.10. The molecule has 2 aromatic rings. The minimum Gasteiger partial charge on any atom is -0.341 e. The molecule has 20 heavy (non-hydrogen) atoms. The second-order valence-electron chi connectivity index (χ2n) is 4.51. The maximum absolute atomic E-state index is 13.0. The fourth-order valence-electron chi connectivity index (χ4n) is 1.86. The summed E-state index contributed by atoms with van der Waals surface area (Å²) >= 11 is 3.24. The number of amides is 1. The lowest BCUT2D eigenvalue weighted by atomic mass is 10.1. The van der Waals surface area contributed by atoms with Crippen molar-refractivity contribution >= 4 is 21.8 Å². The van der Waals surface area contributed by atoms with Crippen LogP contribution in [-0.4, -0.2) is 20.3 Å². The molecule has 0 aliphatic heterocycles. The van der Waals surface area contributed by atoms with Crippen molar-refractivity contribution in [3.8, 4) is 0 Å². The fourth-order valence-corrected chi connectivity index (χ4v) is 2.00. The molecule has 0 aliphatic rings. The second kappa shape index (κ2) is 6.17. The van der Waals surface area contributed by atoms with Gasteiger partial charge in [-0.15, -0.1) is 0 Å². The average Bonchev–Trinajstić information content (AvgIpc) is 2.83. The smallest absolute Gasteiger partial charge is 0.234 e. The van der Waals surface area contributed by atoms with E-state index in [1.165, 1.54) is 12.1 Å². The third kappa shape index (κ3) is 3.25. The topological polar surface area (TPSA) is 46.9 Å². The maximum atomic E-state index is 13.0. The fraction of sp³-hybridized carbons (Fsp3) is 0.286. The molecule has 2 atom stereocenters. The summed E-state index contributed by atoms with van der Waals surface area (Å²) in [5.41, 5.74) is 0.780. The molecule has 2 unspecified atom stereocenters. The number of benzene rings is 1. The third-order valence-electron chi connectivity index (χ3n) is 2.97. The maximum Gasteiger partial charge on any atom is 0.234 e. The zero-order valence-corrected chi connectivity index (χ0v) is 12.8. The van der Waals surface area contributed by atoms with Gasteiger partial charge in [-0.05, 0) is 24.6 Å². The van der Waals surface area contributed by atoms with Gasteiger partial charge in [-0.25, -0.2) is 9.37 Å². The highest BCUT2D eigenvalue weighted by Crippen LogP contribution is 2.21. The molecule has 1 N–H and O–H groups in total. The van der Waals surface area contributed by atoms with Gasteiger partial charge in [0, 0.05) is 19.4 Å². The number of halogens is 2. The minimum absolute atomic E-state index is 0.151. The van der Waals surface area contributed by atoms with Gasteiger partial charge in [0.15, 0.2) is 0 Å². The minimum atomic E-state index is -0.414. The van der Waals surface area contributed by atoms with E-state index in [4.69, 9.17) is 0 Å². The highest BCUT2D eigenvalue weighted by Gasteiger charge is 2.22. The zero-order valence-electron chi connectivity index (χ0n) is 11.2. The first-order valence-corrected chi connectivity index (χ1v) is 7.07. The number of aryl methyl sites for hydroxylation is 1. The Morgan fingerprint density at radius 2 is 2.05 bits per heavy atom. The lowest BCUT2D eigenvalue weighted by molar-refractivity contribution is -0.120. The third-order valence-corrected chi connectivity index (χ3v) is 3.38. The van der Waals surface area contributed by atoms with Gasteiger partial charge in [-0.2, -0.15) is 0 Å². The van der Waals surface area contributed by atoms with Crippen molar-refractivity contribution in [3.63, 3.8) is 0 Å². The van der Waals surface area contributed by atoms with Crippen molar-refractivity contribution in [2.75, 3.05) is 0 Å². The van der Waals surface area contributed by atoms with Crippen LogP contribution in [0.2, 0.25) is 0 Å². The van der Waals surface area contributed by atoms with E-state index in [1.807, 2.05) is 11.6 Å². The average molecular weight is 340 g/mol. The first-order valence-electron chi connectivity index (χ1n) is 6.16. The van der Waals surface area contributed by atoms with E-state index in [2.05, 4.69) is 26.2 Å². The number of rotatable bonds is 4. The van der Waals surface area contributed by atoms with Crippen LogP contribution in [0.15, 0.2) is 36.7 Å². The predicted molar refractivity (Wildman–Crippen MR) is 78.0 cm³/mol. The molecule has 2 rings (SSSR count). The molecule has 4 nitrogen and oxygen atoms in total. The molecule has 0 fully saturated rings. The molecular formula is C14H15BrFN3O. The van der Waals surface area contributed by atoms with Gasteiger partial charge in [-0.1, -0.05) is 28.1 Å². The molecule has 0 spiro atoms. The number of hydrogen-bond donors (Lipinski definition) is 1. The highest BCUT2D eigenvalue weighted by atomic mass is 79.9. The lowest BCUT2D eigenvalue weighted by Crippen LogP contribution is -2.35. The van der Waals surface area contributed by atoms with Gasteiger partial charge in [0.1, 0.15) is 17.7 Å². The quantitative estimate of drug-likeness (QED) is 0.870. The molecule has 0 saturated heterocycles. The normalized spacial score (nSPS) is 13.8. The van der Waals surface area contributed by atoms with Crippen LogP contribution in [0.25, 0.3) is 0 Å². The van der Waals surface area contributed by atoms with Gasteiger partial charge in [0.25, 0.3) is 0 Å². The number of nitrogens with one attached hydrogen (secondary N) is 1. The van der Waals surface area contributed by atoms with E-state index in [1.54, 1.807) is 31.5 Å². The Bertz CT molecular complexity index is 595. The van der Waals surface area contributed by atoms with E-state index in [-0.39, 0.29) is 16.6 Å². The van der Waals surface area contributed by atoms with Gasteiger partial charge in [0.05, 0.1) is 4.83 Å². The number of carbonyl (C=O) groups is 1. The van der Waals surface area contributed by atoms with Gasteiger partial charge < -0.3 is 9.88 Å². The molecule has 1 aromatic carbocycles. The largest absolute Gasteiger partial charge is 0.341 e. The van der Waals surface area contributed by atoms with E-state index in [9.17, 15) is 9.18 Å². The Kier molecular flexibility index (Phi) is 4.54. The van der Waals surface area contributed by atoms with Crippen LogP contribution >= 0.6 is 15.9 Å². The predicted octanol–water partition coefficient (Wildman–Crippen LogP) is 2.55. The molecule has 1 aromatic heterocycles. The van der Waals surface area contributed by atoms with Crippen molar-refractivity contribution in [2.24, 2.45) is 7.05 Å².